The van der Waals surface area contributed by atoms with E-state index in [9.17, 15) is 4.79 Å². The van der Waals surface area contributed by atoms with Crippen molar-refractivity contribution in [3.05, 3.63) is 48.7 Å². The van der Waals surface area contributed by atoms with Gasteiger partial charge < -0.3 is 14.4 Å². The molecule has 146 valence electrons. The molecule has 1 amide bonds. The summed E-state index contributed by atoms with van der Waals surface area (Å²) in [5.74, 6) is 1.97. The van der Waals surface area contributed by atoms with Crippen LogP contribution in [0.2, 0.25) is 0 Å². The quantitative estimate of drug-likeness (QED) is 0.600. The molecule has 3 heterocycles. The number of imidazole rings is 1. The number of carbonyl (C=O) groups is 1. The second-order valence-corrected chi connectivity index (χ2v) is 7.84. The summed E-state index contributed by atoms with van der Waals surface area (Å²) in [6.07, 6.45) is 2.36. The van der Waals surface area contributed by atoms with Crippen molar-refractivity contribution in [1.82, 2.24) is 19.4 Å². The molecule has 0 radical (unpaired) electrons. The first-order chi connectivity index (χ1) is 13.8. The van der Waals surface area contributed by atoms with Crippen molar-refractivity contribution < 1.29 is 4.79 Å². The number of nitrogens with zero attached hydrogens (tertiary/aromatic N) is 5. The Morgan fingerprint density at radius 3 is 2.61 bits per heavy atom. The summed E-state index contributed by atoms with van der Waals surface area (Å²) in [6, 6.07) is 14.1. The maximum atomic E-state index is 12.6. The zero-order valence-electron chi connectivity index (χ0n) is 16.1. The summed E-state index contributed by atoms with van der Waals surface area (Å²) < 4.78 is 2.22. The van der Waals surface area contributed by atoms with Crippen molar-refractivity contribution in [2.45, 2.75) is 25.0 Å². The van der Waals surface area contributed by atoms with E-state index < -0.39 is 0 Å². The third-order valence-corrected chi connectivity index (χ3v) is 6.07. The normalized spacial score (nSPS) is 14.6. The number of benzene rings is 1. The second kappa shape index (κ2) is 8.65. The Balaban J connectivity index is 1.29. The van der Waals surface area contributed by atoms with Crippen LogP contribution in [0.15, 0.2) is 53.8 Å². The van der Waals surface area contributed by atoms with Crippen molar-refractivity contribution in [3.8, 4) is 0 Å². The highest BCUT2D eigenvalue weighted by molar-refractivity contribution is 7.99. The number of aryl methyl sites for hydroxylation is 1. The maximum absolute atomic E-state index is 12.6. The molecule has 1 aromatic carbocycles. The van der Waals surface area contributed by atoms with Crippen LogP contribution in [0.3, 0.4) is 0 Å². The van der Waals surface area contributed by atoms with Gasteiger partial charge >= 0.3 is 0 Å². The molecule has 0 saturated carbocycles. The largest absolute Gasteiger partial charge is 0.353 e. The fraction of sp³-hybridized carbons (Fsp3) is 0.381. The van der Waals surface area contributed by atoms with Crippen LogP contribution < -0.4 is 4.90 Å². The number of thioether (sulfide) groups is 1. The minimum Gasteiger partial charge on any atom is -0.353 e. The minimum atomic E-state index is 0.229. The van der Waals surface area contributed by atoms with Crippen LogP contribution in [0.1, 0.15) is 13.3 Å². The number of anilines is 1. The molecule has 4 rings (SSSR count). The number of hydrogen-bond acceptors (Lipinski definition) is 5. The number of rotatable bonds is 6. The fourth-order valence-electron chi connectivity index (χ4n) is 3.58. The van der Waals surface area contributed by atoms with Crippen LogP contribution in [-0.2, 0) is 11.3 Å². The molecule has 0 spiro atoms. The van der Waals surface area contributed by atoms with Crippen LogP contribution in [-0.4, -0.2) is 57.3 Å². The van der Waals surface area contributed by atoms with Gasteiger partial charge in [-0.3, -0.25) is 4.79 Å². The van der Waals surface area contributed by atoms with Crippen LogP contribution in [0.4, 0.5) is 5.82 Å². The lowest BCUT2D eigenvalue weighted by Gasteiger charge is -2.35. The number of pyridine rings is 1. The van der Waals surface area contributed by atoms with Gasteiger partial charge in [-0.2, -0.15) is 0 Å². The lowest BCUT2D eigenvalue weighted by molar-refractivity contribution is -0.131. The van der Waals surface area contributed by atoms with Crippen molar-refractivity contribution in [3.63, 3.8) is 0 Å². The topological polar surface area (TPSA) is 54.3 Å². The Morgan fingerprint density at radius 1 is 1.07 bits per heavy atom. The SMILES string of the molecule is CCn1c(SCCC(=O)N2CCN(c3ccccn3)CC2)nc2ccccc21. The molecule has 1 aliphatic heterocycles. The number of amides is 1. The Hall–Kier alpha value is -2.54. The zero-order valence-corrected chi connectivity index (χ0v) is 16.9. The summed E-state index contributed by atoms with van der Waals surface area (Å²) in [6.45, 7) is 6.20. The van der Waals surface area contributed by atoms with Gasteiger partial charge in [0, 0.05) is 51.1 Å². The van der Waals surface area contributed by atoms with Gasteiger partial charge in [-0.05, 0) is 31.2 Å². The molecule has 7 heteroatoms. The molecule has 2 aromatic heterocycles. The number of piperazine rings is 1. The molecule has 1 saturated heterocycles. The number of carbonyl (C=O) groups excluding carboxylic acids is 1. The highest BCUT2D eigenvalue weighted by Gasteiger charge is 2.21. The van der Waals surface area contributed by atoms with Gasteiger partial charge in [-0.1, -0.05) is 30.0 Å². The van der Waals surface area contributed by atoms with E-state index in [1.54, 1.807) is 11.8 Å². The molecule has 28 heavy (non-hydrogen) atoms. The van der Waals surface area contributed by atoms with Crippen molar-refractivity contribution >= 4 is 34.5 Å². The van der Waals surface area contributed by atoms with E-state index in [1.165, 1.54) is 0 Å². The van der Waals surface area contributed by atoms with Gasteiger partial charge in [-0.15, -0.1) is 0 Å². The van der Waals surface area contributed by atoms with Crippen molar-refractivity contribution in [2.75, 3.05) is 36.8 Å². The van der Waals surface area contributed by atoms with Gasteiger partial charge in [0.1, 0.15) is 5.82 Å². The van der Waals surface area contributed by atoms with E-state index >= 15 is 0 Å². The van der Waals surface area contributed by atoms with E-state index in [1.807, 2.05) is 47.5 Å². The second-order valence-electron chi connectivity index (χ2n) is 6.78. The van der Waals surface area contributed by atoms with Gasteiger partial charge in [0.05, 0.1) is 11.0 Å². The van der Waals surface area contributed by atoms with E-state index in [0.717, 1.165) is 60.5 Å². The summed E-state index contributed by atoms with van der Waals surface area (Å²) in [7, 11) is 0. The number of aromatic nitrogens is 3. The lowest BCUT2D eigenvalue weighted by Crippen LogP contribution is -2.49. The fourth-order valence-corrected chi connectivity index (χ4v) is 4.59. The summed E-state index contributed by atoms with van der Waals surface area (Å²) in [5.41, 5.74) is 2.17. The third kappa shape index (κ3) is 3.99. The highest BCUT2D eigenvalue weighted by atomic mass is 32.2. The molecule has 1 aliphatic rings. The highest BCUT2D eigenvalue weighted by Crippen LogP contribution is 2.24. The average molecular weight is 396 g/mol. The number of hydrogen-bond donors (Lipinski definition) is 0. The van der Waals surface area contributed by atoms with Gasteiger partial charge in [0.25, 0.3) is 0 Å². The minimum absolute atomic E-state index is 0.229. The van der Waals surface area contributed by atoms with E-state index in [2.05, 4.69) is 27.4 Å². The van der Waals surface area contributed by atoms with E-state index in [0.29, 0.717) is 6.42 Å². The smallest absolute Gasteiger partial charge is 0.223 e. The van der Waals surface area contributed by atoms with Gasteiger partial charge in [0.15, 0.2) is 5.16 Å². The van der Waals surface area contributed by atoms with Crippen LogP contribution in [0.5, 0.6) is 0 Å². The first-order valence-electron chi connectivity index (χ1n) is 9.78. The number of para-hydroxylation sites is 2. The first-order valence-corrected chi connectivity index (χ1v) is 10.8. The molecule has 0 bridgehead atoms. The van der Waals surface area contributed by atoms with E-state index in [-0.39, 0.29) is 5.91 Å². The Kier molecular flexibility index (Phi) is 5.81. The monoisotopic (exact) mass is 395 g/mol. The average Bonchev–Trinajstić information content (AvgIpc) is 3.11. The predicted octanol–water partition coefficient (Wildman–Crippen LogP) is 3.28. The number of fused-ring (bicyclic) bond motifs is 1. The Morgan fingerprint density at radius 2 is 1.86 bits per heavy atom. The molecule has 3 aromatic rings. The summed E-state index contributed by atoms with van der Waals surface area (Å²) in [4.78, 5) is 25.9. The molecule has 0 aliphatic carbocycles. The molecule has 0 atom stereocenters. The van der Waals surface area contributed by atoms with Crippen LogP contribution in [0, 0.1) is 0 Å². The first kappa shape index (κ1) is 18.8. The summed E-state index contributed by atoms with van der Waals surface area (Å²) in [5, 5.41) is 0.997. The Bertz CT molecular complexity index is 934. The Labute approximate surface area is 169 Å². The summed E-state index contributed by atoms with van der Waals surface area (Å²) >= 11 is 1.67. The predicted molar refractivity (Wildman–Crippen MR) is 114 cm³/mol. The van der Waals surface area contributed by atoms with Gasteiger partial charge in [-0.25, -0.2) is 9.97 Å². The molecule has 6 nitrogen and oxygen atoms in total. The molecular weight excluding hydrogens is 370 g/mol. The molecular formula is C21H25N5OS. The van der Waals surface area contributed by atoms with E-state index in [4.69, 9.17) is 4.98 Å². The lowest BCUT2D eigenvalue weighted by atomic mass is 10.3. The zero-order chi connectivity index (χ0) is 19.3. The standard InChI is InChI=1S/C21H25N5OS/c1-2-26-18-8-4-3-7-17(18)23-21(26)28-16-10-20(27)25-14-12-24(13-15-25)19-9-5-6-11-22-19/h3-9,11H,2,10,12-16H2,1H3. The molecule has 0 N–H and O–H groups in total. The van der Waals surface area contributed by atoms with Crippen LogP contribution in [0.25, 0.3) is 11.0 Å². The third-order valence-electron chi connectivity index (χ3n) is 5.09. The maximum Gasteiger partial charge on any atom is 0.223 e. The molecule has 0 unspecified atom stereocenters. The van der Waals surface area contributed by atoms with Crippen molar-refractivity contribution in [1.29, 1.82) is 0 Å². The van der Waals surface area contributed by atoms with Crippen molar-refractivity contribution in [2.24, 2.45) is 0 Å². The van der Waals surface area contributed by atoms with Gasteiger partial charge in [0.2, 0.25) is 5.91 Å². The molecule has 1 fully saturated rings. The van der Waals surface area contributed by atoms with Crippen LogP contribution >= 0.6 is 11.8 Å².